The van der Waals surface area contributed by atoms with Crippen molar-refractivity contribution in [1.82, 2.24) is 15.0 Å². The highest BCUT2D eigenvalue weighted by molar-refractivity contribution is 6.09. The van der Waals surface area contributed by atoms with Crippen LogP contribution in [0.25, 0.3) is 94.4 Å². The van der Waals surface area contributed by atoms with Crippen LogP contribution in [0.4, 0.5) is 0 Å². The van der Waals surface area contributed by atoms with Crippen molar-refractivity contribution in [3.63, 3.8) is 0 Å². The maximum absolute atomic E-state index is 6.64. The molecule has 2 unspecified atom stereocenters. The van der Waals surface area contributed by atoms with Crippen LogP contribution in [0.2, 0.25) is 0 Å². The average Bonchev–Trinajstić information content (AvgIpc) is 3.79. The maximum Gasteiger partial charge on any atom is 0.163 e. The molecule has 10 aromatic rings. The first-order valence-corrected chi connectivity index (χ1v) is 18.0. The zero-order valence-electron chi connectivity index (χ0n) is 28.8. The molecule has 0 saturated heterocycles. The van der Waals surface area contributed by atoms with E-state index in [2.05, 4.69) is 134 Å². The number of fused-ring (bicyclic) bond motifs is 9. The molecule has 0 bridgehead atoms. The predicted molar refractivity (Wildman–Crippen MR) is 215 cm³/mol. The molecule has 1 aliphatic rings. The Balaban J connectivity index is 1.13. The van der Waals surface area contributed by atoms with Gasteiger partial charge in [-0.2, -0.15) is 0 Å². The lowest BCUT2D eigenvalue weighted by molar-refractivity contribution is 0.545. The summed E-state index contributed by atoms with van der Waals surface area (Å²) >= 11 is 0. The molecule has 1 aliphatic carbocycles. The van der Waals surface area contributed by atoms with Gasteiger partial charge in [0.05, 0.1) is 5.92 Å². The highest BCUT2D eigenvalue weighted by Crippen LogP contribution is 2.47. The van der Waals surface area contributed by atoms with Crippen LogP contribution in [0.3, 0.4) is 0 Å². The molecular formula is C48H31N3O2. The average molecular weight is 682 g/mol. The molecule has 0 fully saturated rings. The quantitative estimate of drug-likeness (QED) is 0.173. The maximum atomic E-state index is 6.64. The minimum absolute atomic E-state index is 0.0936. The van der Waals surface area contributed by atoms with E-state index in [0.29, 0.717) is 11.6 Å². The van der Waals surface area contributed by atoms with E-state index in [0.717, 1.165) is 72.3 Å². The fraction of sp³-hybridized carbons (Fsp3) is 0.0625. The normalized spacial score (nSPS) is 15.6. The van der Waals surface area contributed by atoms with Crippen molar-refractivity contribution in [1.29, 1.82) is 0 Å². The zero-order chi connectivity index (χ0) is 35.0. The van der Waals surface area contributed by atoms with E-state index < -0.39 is 0 Å². The number of aromatic nitrogens is 3. The minimum atomic E-state index is -0.179. The van der Waals surface area contributed by atoms with E-state index >= 15 is 0 Å². The Morgan fingerprint density at radius 2 is 1.17 bits per heavy atom. The van der Waals surface area contributed by atoms with E-state index in [1.165, 1.54) is 21.5 Å². The van der Waals surface area contributed by atoms with E-state index in [-0.39, 0.29) is 11.8 Å². The first-order valence-electron chi connectivity index (χ1n) is 18.0. The molecule has 11 rings (SSSR count). The van der Waals surface area contributed by atoms with E-state index in [4.69, 9.17) is 23.8 Å². The van der Waals surface area contributed by atoms with Crippen molar-refractivity contribution in [2.75, 3.05) is 0 Å². The van der Waals surface area contributed by atoms with Gasteiger partial charge in [0, 0.05) is 32.8 Å². The Morgan fingerprint density at radius 1 is 0.491 bits per heavy atom. The molecule has 7 aromatic carbocycles. The van der Waals surface area contributed by atoms with E-state index in [9.17, 15) is 0 Å². The van der Waals surface area contributed by atoms with Gasteiger partial charge in [-0.25, -0.2) is 15.0 Å². The molecule has 0 amide bonds. The predicted octanol–water partition coefficient (Wildman–Crippen LogP) is 12.6. The molecule has 0 N–H and O–H groups in total. The standard InChI is InChI=1S/C48H31N3O2/c1-28-18-24-42-45(44-35(15-9-17-41(44)53-42)32-23-25-40-38(26-32)36-14-7-8-16-39(36)52-40)43(28)48-50-46(31-11-3-2-4-12-31)49-47(51-48)33-22-21-30-20-19-29-10-5-6-13-34(29)37(30)27-33/h2-28,43H,1H3. The third-order valence-electron chi connectivity index (χ3n) is 10.8. The van der Waals surface area contributed by atoms with Crippen molar-refractivity contribution in [2.24, 2.45) is 5.92 Å². The van der Waals surface area contributed by atoms with Crippen molar-refractivity contribution >= 4 is 60.5 Å². The van der Waals surface area contributed by atoms with Gasteiger partial charge in [-0.05, 0) is 75.0 Å². The van der Waals surface area contributed by atoms with Gasteiger partial charge < -0.3 is 8.83 Å². The topological polar surface area (TPSA) is 65.0 Å². The first-order chi connectivity index (χ1) is 26.2. The van der Waals surface area contributed by atoms with Crippen LogP contribution in [0, 0.1) is 5.92 Å². The van der Waals surface area contributed by atoms with Crippen molar-refractivity contribution in [3.05, 3.63) is 169 Å². The summed E-state index contributed by atoms with van der Waals surface area (Å²) in [6.07, 6.45) is 4.33. The van der Waals surface area contributed by atoms with Crippen LogP contribution in [0.15, 0.2) is 161 Å². The lowest BCUT2D eigenvalue weighted by Crippen LogP contribution is -2.18. The number of furan rings is 2. The molecule has 5 heteroatoms. The molecule has 0 radical (unpaired) electrons. The highest BCUT2D eigenvalue weighted by Gasteiger charge is 2.34. The van der Waals surface area contributed by atoms with Crippen LogP contribution < -0.4 is 0 Å². The Labute approximate surface area is 304 Å². The second-order valence-electron chi connectivity index (χ2n) is 14.0. The molecule has 250 valence electrons. The molecule has 0 saturated carbocycles. The lowest BCUT2D eigenvalue weighted by atomic mass is 9.79. The van der Waals surface area contributed by atoms with Gasteiger partial charge >= 0.3 is 0 Å². The summed E-state index contributed by atoms with van der Waals surface area (Å²) in [6.45, 7) is 2.24. The van der Waals surface area contributed by atoms with Crippen LogP contribution >= 0.6 is 0 Å². The fourth-order valence-corrected chi connectivity index (χ4v) is 8.25. The number of hydrogen-bond acceptors (Lipinski definition) is 5. The molecule has 53 heavy (non-hydrogen) atoms. The fourth-order valence-electron chi connectivity index (χ4n) is 8.25. The van der Waals surface area contributed by atoms with Gasteiger partial charge in [0.25, 0.3) is 0 Å². The Kier molecular flexibility index (Phi) is 6.52. The van der Waals surface area contributed by atoms with Crippen LogP contribution in [0.1, 0.15) is 30.0 Å². The summed E-state index contributed by atoms with van der Waals surface area (Å²) in [5.74, 6) is 2.77. The number of nitrogens with zero attached hydrogens (tertiary/aromatic N) is 3. The van der Waals surface area contributed by atoms with Gasteiger partial charge in [0.1, 0.15) is 28.3 Å². The summed E-state index contributed by atoms with van der Waals surface area (Å²) in [6, 6.07) is 50.6. The largest absolute Gasteiger partial charge is 0.456 e. The van der Waals surface area contributed by atoms with Gasteiger partial charge in [-0.3, -0.25) is 0 Å². The number of benzene rings is 7. The summed E-state index contributed by atoms with van der Waals surface area (Å²) in [7, 11) is 0. The molecular weight excluding hydrogens is 651 g/mol. The second kappa shape index (κ2) is 11.6. The van der Waals surface area contributed by atoms with Crippen LogP contribution in [-0.2, 0) is 0 Å². The lowest BCUT2D eigenvalue weighted by Gasteiger charge is -2.25. The first kappa shape index (κ1) is 29.8. The van der Waals surface area contributed by atoms with Gasteiger partial charge in [0.2, 0.25) is 0 Å². The Bertz CT molecular complexity index is 3100. The molecule has 0 aliphatic heterocycles. The van der Waals surface area contributed by atoms with Gasteiger partial charge in [-0.1, -0.05) is 128 Å². The van der Waals surface area contributed by atoms with Crippen LogP contribution in [0.5, 0.6) is 0 Å². The zero-order valence-corrected chi connectivity index (χ0v) is 28.8. The summed E-state index contributed by atoms with van der Waals surface area (Å²) in [4.78, 5) is 15.7. The van der Waals surface area contributed by atoms with E-state index in [1.54, 1.807) is 0 Å². The third kappa shape index (κ3) is 4.74. The van der Waals surface area contributed by atoms with E-state index in [1.807, 2.05) is 30.3 Å². The molecule has 3 aromatic heterocycles. The monoisotopic (exact) mass is 681 g/mol. The van der Waals surface area contributed by atoms with Crippen molar-refractivity contribution in [2.45, 2.75) is 12.8 Å². The van der Waals surface area contributed by atoms with Crippen molar-refractivity contribution in [3.8, 4) is 33.9 Å². The SMILES string of the molecule is CC1C=Cc2oc3cccc(-c4ccc5oc6ccccc6c5c4)c3c2C1c1nc(-c2ccccc2)nc(-c2ccc3ccc4ccccc4c3c2)n1. The number of para-hydroxylation sites is 1. The van der Waals surface area contributed by atoms with Gasteiger partial charge in [-0.15, -0.1) is 0 Å². The number of rotatable bonds is 4. The smallest absolute Gasteiger partial charge is 0.163 e. The Morgan fingerprint density at radius 3 is 2.06 bits per heavy atom. The van der Waals surface area contributed by atoms with Gasteiger partial charge in [0.15, 0.2) is 11.6 Å². The molecule has 5 nitrogen and oxygen atoms in total. The van der Waals surface area contributed by atoms with Crippen molar-refractivity contribution < 1.29 is 8.83 Å². The molecule has 0 spiro atoms. The Hall–Kier alpha value is -6.85. The summed E-state index contributed by atoms with van der Waals surface area (Å²) < 4.78 is 12.8. The minimum Gasteiger partial charge on any atom is -0.456 e. The van der Waals surface area contributed by atoms with Crippen LogP contribution in [-0.4, -0.2) is 15.0 Å². The third-order valence-corrected chi connectivity index (χ3v) is 10.8. The molecule has 3 heterocycles. The molecule has 2 atom stereocenters. The number of allylic oxidation sites excluding steroid dienone is 1. The summed E-state index contributed by atoms with van der Waals surface area (Å²) in [5, 5.41) is 8.04. The highest BCUT2D eigenvalue weighted by atomic mass is 16.3. The number of hydrogen-bond donors (Lipinski definition) is 0. The summed E-state index contributed by atoms with van der Waals surface area (Å²) in [5.41, 5.74) is 7.80. The second-order valence-corrected chi connectivity index (χ2v) is 14.0.